The number of aromatic nitrogens is 3. The molecule has 0 aliphatic rings. The van der Waals surface area contributed by atoms with Gasteiger partial charge in [-0.3, -0.25) is 4.57 Å². The lowest BCUT2D eigenvalue weighted by atomic mass is 10.2. The molecule has 96 valence electrons. The van der Waals surface area contributed by atoms with Gasteiger partial charge in [0.2, 0.25) is 5.95 Å². The van der Waals surface area contributed by atoms with E-state index >= 15 is 0 Å². The van der Waals surface area contributed by atoms with Crippen LogP contribution in [0.2, 0.25) is 0 Å². The van der Waals surface area contributed by atoms with Crippen LogP contribution >= 0.6 is 12.2 Å². The van der Waals surface area contributed by atoms with Crippen LogP contribution < -0.4 is 4.90 Å². The van der Waals surface area contributed by atoms with Crippen molar-refractivity contribution in [1.29, 1.82) is 0 Å². The highest BCUT2D eigenvalue weighted by Crippen LogP contribution is 2.14. The smallest absolute Gasteiger partial charge is 0.225 e. The van der Waals surface area contributed by atoms with Crippen LogP contribution in [-0.4, -0.2) is 21.3 Å². The van der Waals surface area contributed by atoms with Gasteiger partial charge in [-0.1, -0.05) is 30.3 Å². The van der Waals surface area contributed by atoms with Crippen molar-refractivity contribution in [1.82, 2.24) is 14.8 Å². The Morgan fingerprint density at radius 3 is 2.61 bits per heavy atom. The first-order valence-corrected chi connectivity index (χ1v) is 6.61. The second kappa shape index (κ2) is 5.82. The maximum atomic E-state index is 5.22. The van der Waals surface area contributed by atoms with Crippen molar-refractivity contribution >= 4 is 18.2 Å². The van der Waals surface area contributed by atoms with E-state index in [9.17, 15) is 0 Å². The molecular formula is C13H18N4S. The van der Waals surface area contributed by atoms with Crippen LogP contribution in [0.5, 0.6) is 0 Å². The van der Waals surface area contributed by atoms with E-state index in [1.807, 2.05) is 10.6 Å². The van der Waals surface area contributed by atoms with Crippen LogP contribution in [0.4, 0.5) is 5.95 Å². The molecule has 0 radical (unpaired) electrons. The van der Waals surface area contributed by atoms with Crippen molar-refractivity contribution in [2.24, 2.45) is 0 Å². The molecule has 0 spiro atoms. The van der Waals surface area contributed by atoms with Crippen LogP contribution in [0, 0.1) is 4.77 Å². The largest absolute Gasteiger partial charge is 0.337 e. The standard InChI is InChI=1S/C13H18N4S/c1-3-16(10-11-8-6-5-7-9-11)12-14-15-13(18)17(12)4-2/h5-9H,3-4,10H2,1-2H3,(H,15,18). The minimum absolute atomic E-state index is 0.680. The summed E-state index contributed by atoms with van der Waals surface area (Å²) in [4.78, 5) is 2.21. The molecule has 1 aromatic carbocycles. The molecule has 0 amide bonds. The highest BCUT2D eigenvalue weighted by atomic mass is 32.1. The van der Waals surface area contributed by atoms with Crippen molar-refractivity contribution in [3.05, 3.63) is 40.7 Å². The lowest BCUT2D eigenvalue weighted by molar-refractivity contribution is 0.695. The van der Waals surface area contributed by atoms with Crippen LogP contribution in [0.1, 0.15) is 19.4 Å². The fourth-order valence-electron chi connectivity index (χ4n) is 1.96. The quantitative estimate of drug-likeness (QED) is 0.842. The molecule has 0 unspecified atom stereocenters. The number of hydrogen-bond acceptors (Lipinski definition) is 3. The summed E-state index contributed by atoms with van der Waals surface area (Å²) >= 11 is 5.22. The van der Waals surface area contributed by atoms with Gasteiger partial charge in [0.15, 0.2) is 4.77 Å². The van der Waals surface area contributed by atoms with E-state index in [2.05, 4.69) is 53.2 Å². The third-order valence-corrected chi connectivity index (χ3v) is 3.25. The predicted molar refractivity (Wildman–Crippen MR) is 76.3 cm³/mol. The molecule has 1 aromatic heterocycles. The fraction of sp³-hybridized carbons (Fsp3) is 0.385. The molecule has 0 bridgehead atoms. The Morgan fingerprint density at radius 1 is 1.28 bits per heavy atom. The van der Waals surface area contributed by atoms with Crippen molar-refractivity contribution in [2.45, 2.75) is 26.9 Å². The van der Waals surface area contributed by atoms with E-state index in [4.69, 9.17) is 12.2 Å². The van der Waals surface area contributed by atoms with Crippen LogP contribution in [0.3, 0.4) is 0 Å². The van der Waals surface area contributed by atoms with Gasteiger partial charge >= 0.3 is 0 Å². The predicted octanol–water partition coefficient (Wildman–Crippen LogP) is 2.99. The number of nitrogens with one attached hydrogen (secondary N) is 1. The molecule has 0 aliphatic carbocycles. The Bertz CT molecular complexity index is 544. The molecular weight excluding hydrogens is 244 g/mol. The molecule has 0 saturated heterocycles. The lowest BCUT2D eigenvalue weighted by Crippen LogP contribution is -2.25. The highest BCUT2D eigenvalue weighted by molar-refractivity contribution is 7.71. The van der Waals surface area contributed by atoms with Crippen LogP contribution in [0.15, 0.2) is 30.3 Å². The molecule has 5 heteroatoms. The van der Waals surface area contributed by atoms with E-state index in [0.717, 1.165) is 25.6 Å². The van der Waals surface area contributed by atoms with E-state index in [1.165, 1.54) is 5.56 Å². The Morgan fingerprint density at radius 2 is 2.00 bits per heavy atom. The Labute approximate surface area is 112 Å². The van der Waals surface area contributed by atoms with Crippen LogP contribution in [-0.2, 0) is 13.1 Å². The first-order chi connectivity index (χ1) is 8.76. The van der Waals surface area contributed by atoms with Gasteiger partial charge in [0.25, 0.3) is 0 Å². The van der Waals surface area contributed by atoms with E-state index in [1.54, 1.807) is 0 Å². The summed E-state index contributed by atoms with van der Waals surface area (Å²) in [7, 11) is 0. The summed E-state index contributed by atoms with van der Waals surface area (Å²) in [5, 5.41) is 7.19. The van der Waals surface area contributed by atoms with Crippen LogP contribution in [0.25, 0.3) is 0 Å². The van der Waals surface area contributed by atoms with E-state index < -0.39 is 0 Å². The zero-order valence-electron chi connectivity index (χ0n) is 10.8. The number of benzene rings is 1. The minimum Gasteiger partial charge on any atom is -0.337 e. The second-order valence-corrected chi connectivity index (χ2v) is 4.46. The Kier molecular flexibility index (Phi) is 4.15. The molecule has 2 rings (SSSR count). The summed E-state index contributed by atoms with van der Waals surface area (Å²) in [5.74, 6) is 0.911. The number of hydrogen-bond donors (Lipinski definition) is 1. The van der Waals surface area contributed by atoms with Gasteiger partial charge in [-0.05, 0) is 31.6 Å². The van der Waals surface area contributed by atoms with Gasteiger partial charge in [-0.15, -0.1) is 5.10 Å². The molecule has 0 saturated carbocycles. The molecule has 4 nitrogen and oxygen atoms in total. The zero-order valence-corrected chi connectivity index (χ0v) is 11.6. The van der Waals surface area contributed by atoms with Gasteiger partial charge in [-0.2, -0.15) is 0 Å². The van der Waals surface area contributed by atoms with Crippen molar-refractivity contribution in [2.75, 3.05) is 11.4 Å². The minimum atomic E-state index is 0.680. The third kappa shape index (κ3) is 2.61. The number of aromatic amines is 1. The Balaban J connectivity index is 2.26. The summed E-state index contributed by atoms with van der Waals surface area (Å²) in [6, 6.07) is 10.4. The number of rotatable bonds is 5. The number of anilines is 1. The summed E-state index contributed by atoms with van der Waals surface area (Å²) in [6.45, 7) is 6.77. The molecule has 18 heavy (non-hydrogen) atoms. The normalized spacial score (nSPS) is 10.6. The fourth-order valence-corrected chi connectivity index (χ4v) is 2.22. The SMILES string of the molecule is CCN(Cc1ccccc1)c1n[nH]c(=S)n1CC. The molecule has 0 fully saturated rings. The third-order valence-electron chi connectivity index (χ3n) is 2.94. The van der Waals surface area contributed by atoms with Gasteiger partial charge in [0, 0.05) is 19.6 Å². The van der Waals surface area contributed by atoms with Crippen molar-refractivity contribution in [3.8, 4) is 0 Å². The van der Waals surface area contributed by atoms with Gasteiger partial charge in [0.05, 0.1) is 0 Å². The van der Waals surface area contributed by atoms with Gasteiger partial charge in [0.1, 0.15) is 0 Å². The average molecular weight is 262 g/mol. The maximum Gasteiger partial charge on any atom is 0.225 e. The molecule has 0 aliphatic heterocycles. The van der Waals surface area contributed by atoms with E-state index in [-0.39, 0.29) is 0 Å². The summed E-state index contributed by atoms with van der Waals surface area (Å²) in [6.07, 6.45) is 0. The molecule has 0 atom stereocenters. The number of nitrogens with zero attached hydrogens (tertiary/aromatic N) is 3. The monoisotopic (exact) mass is 262 g/mol. The van der Waals surface area contributed by atoms with Crippen molar-refractivity contribution in [3.63, 3.8) is 0 Å². The highest BCUT2D eigenvalue weighted by Gasteiger charge is 2.12. The summed E-state index contributed by atoms with van der Waals surface area (Å²) in [5.41, 5.74) is 1.27. The topological polar surface area (TPSA) is 36.9 Å². The van der Waals surface area contributed by atoms with Gasteiger partial charge < -0.3 is 4.90 Å². The number of H-pyrrole nitrogens is 1. The zero-order chi connectivity index (χ0) is 13.0. The maximum absolute atomic E-state index is 5.22. The molecule has 1 heterocycles. The van der Waals surface area contributed by atoms with E-state index in [0.29, 0.717) is 4.77 Å². The Hall–Kier alpha value is -1.62. The second-order valence-electron chi connectivity index (χ2n) is 4.07. The van der Waals surface area contributed by atoms with Crippen molar-refractivity contribution < 1.29 is 0 Å². The lowest BCUT2D eigenvalue weighted by Gasteiger charge is -2.21. The first kappa shape index (κ1) is 12.8. The first-order valence-electron chi connectivity index (χ1n) is 6.20. The average Bonchev–Trinajstić information content (AvgIpc) is 2.78. The molecule has 1 N–H and O–H groups in total. The summed E-state index contributed by atoms with van der Waals surface area (Å²) < 4.78 is 2.70. The van der Waals surface area contributed by atoms with Gasteiger partial charge in [-0.25, -0.2) is 5.10 Å². The molecule has 2 aromatic rings.